The average molecular weight is 153 g/mol. The second kappa shape index (κ2) is 2.62. The van der Waals surface area contributed by atoms with Gasteiger partial charge in [-0.1, -0.05) is 18.8 Å². The number of hydrogen-bond acceptors (Lipinski definition) is 2. The van der Waals surface area contributed by atoms with Gasteiger partial charge in [-0.15, -0.1) is 0 Å². The van der Waals surface area contributed by atoms with Crippen LogP contribution >= 0.6 is 12.2 Å². The zero-order valence-corrected chi connectivity index (χ0v) is 6.14. The van der Waals surface area contributed by atoms with Gasteiger partial charge in [-0.3, -0.25) is 0 Å². The van der Waals surface area contributed by atoms with Crippen LogP contribution in [0, 0.1) is 0 Å². The van der Waals surface area contributed by atoms with Crippen molar-refractivity contribution in [2.45, 2.75) is 0 Å². The molecule has 0 unspecified atom stereocenters. The van der Waals surface area contributed by atoms with Crippen molar-refractivity contribution in [2.75, 3.05) is 0 Å². The van der Waals surface area contributed by atoms with E-state index in [0.717, 1.165) is 5.56 Å². The van der Waals surface area contributed by atoms with Crippen LogP contribution < -0.4 is 5.73 Å². The van der Waals surface area contributed by atoms with Crippen molar-refractivity contribution in [3.05, 3.63) is 24.5 Å². The van der Waals surface area contributed by atoms with Gasteiger partial charge in [0.05, 0.1) is 6.20 Å². The summed E-state index contributed by atoms with van der Waals surface area (Å²) >= 11 is 4.71. The van der Waals surface area contributed by atoms with Gasteiger partial charge in [-0.25, -0.2) is 4.68 Å². The first kappa shape index (κ1) is 6.95. The third-order valence-electron chi connectivity index (χ3n) is 1.07. The molecule has 0 saturated carbocycles. The van der Waals surface area contributed by atoms with Gasteiger partial charge in [0.15, 0.2) is 0 Å². The highest BCUT2D eigenvalue weighted by molar-refractivity contribution is 7.80. The lowest BCUT2D eigenvalue weighted by Gasteiger charge is -1.86. The first-order valence-electron chi connectivity index (χ1n) is 2.70. The standard InChI is InChI=1S/C6H7N3S/c1-2-9-4-5(3-8-9)6(7)10/h2-4H,1H2,(H2,7,10). The maximum atomic E-state index is 5.33. The minimum Gasteiger partial charge on any atom is -0.389 e. The van der Waals surface area contributed by atoms with Gasteiger partial charge in [0.25, 0.3) is 0 Å². The van der Waals surface area contributed by atoms with Gasteiger partial charge in [0, 0.05) is 18.0 Å². The van der Waals surface area contributed by atoms with Crippen molar-refractivity contribution in [1.29, 1.82) is 0 Å². The second-order valence-electron chi connectivity index (χ2n) is 1.76. The van der Waals surface area contributed by atoms with Gasteiger partial charge in [-0.2, -0.15) is 5.10 Å². The van der Waals surface area contributed by atoms with Crippen LogP contribution in [0.1, 0.15) is 5.56 Å². The molecule has 4 heteroatoms. The molecule has 0 aromatic carbocycles. The Morgan fingerprint density at radius 2 is 2.60 bits per heavy atom. The Hall–Kier alpha value is -1.16. The molecule has 1 heterocycles. The van der Waals surface area contributed by atoms with E-state index in [9.17, 15) is 0 Å². The highest BCUT2D eigenvalue weighted by Crippen LogP contribution is 1.96. The van der Waals surface area contributed by atoms with Crippen molar-refractivity contribution >= 4 is 23.4 Å². The van der Waals surface area contributed by atoms with Crippen LogP contribution in [0.25, 0.3) is 6.20 Å². The van der Waals surface area contributed by atoms with Crippen molar-refractivity contribution in [3.63, 3.8) is 0 Å². The van der Waals surface area contributed by atoms with Crippen LogP contribution in [-0.4, -0.2) is 14.8 Å². The van der Waals surface area contributed by atoms with Crippen molar-refractivity contribution in [1.82, 2.24) is 9.78 Å². The summed E-state index contributed by atoms with van der Waals surface area (Å²) in [5.41, 5.74) is 6.08. The number of aromatic nitrogens is 2. The van der Waals surface area contributed by atoms with Gasteiger partial charge in [0.1, 0.15) is 4.99 Å². The zero-order chi connectivity index (χ0) is 7.56. The van der Waals surface area contributed by atoms with E-state index >= 15 is 0 Å². The summed E-state index contributed by atoms with van der Waals surface area (Å²) in [6.45, 7) is 3.52. The fourth-order valence-electron chi connectivity index (χ4n) is 0.565. The van der Waals surface area contributed by atoms with Gasteiger partial charge < -0.3 is 5.73 Å². The quantitative estimate of drug-likeness (QED) is 0.633. The lowest BCUT2D eigenvalue weighted by Crippen LogP contribution is -2.07. The summed E-state index contributed by atoms with van der Waals surface area (Å²) in [6, 6.07) is 0. The summed E-state index contributed by atoms with van der Waals surface area (Å²) in [5, 5.41) is 3.89. The van der Waals surface area contributed by atoms with Crippen LogP contribution in [0.5, 0.6) is 0 Å². The van der Waals surface area contributed by atoms with Crippen LogP contribution in [0.3, 0.4) is 0 Å². The molecule has 0 bridgehead atoms. The van der Waals surface area contributed by atoms with Gasteiger partial charge >= 0.3 is 0 Å². The number of rotatable bonds is 2. The molecule has 3 nitrogen and oxygen atoms in total. The number of nitrogens with zero attached hydrogens (tertiary/aromatic N) is 2. The van der Waals surface area contributed by atoms with E-state index in [1.807, 2.05) is 0 Å². The van der Waals surface area contributed by atoms with E-state index < -0.39 is 0 Å². The molecular formula is C6H7N3S. The van der Waals surface area contributed by atoms with Crippen LogP contribution in [0.2, 0.25) is 0 Å². The zero-order valence-electron chi connectivity index (χ0n) is 5.32. The third kappa shape index (κ3) is 1.22. The smallest absolute Gasteiger partial charge is 0.107 e. The molecule has 0 atom stereocenters. The Balaban J connectivity index is 2.98. The molecule has 1 rings (SSSR count). The molecule has 2 N–H and O–H groups in total. The van der Waals surface area contributed by atoms with E-state index in [1.165, 1.54) is 0 Å². The van der Waals surface area contributed by atoms with Gasteiger partial charge in [-0.05, 0) is 0 Å². The first-order chi connectivity index (χ1) is 4.74. The Labute approximate surface area is 64.1 Å². The maximum Gasteiger partial charge on any atom is 0.107 e. The Morgan fingerprint density at radius 3 is 2.90 bits per heavy atom. The van der Waals surface area contributed by atoms with E-state index in [-0.39, 0.29) is 0 Å². The summed E-state index contributed by atoms with van der Waals surface area (Å²) in [6.07, 6.45) is 4.89. The molecule has 0 amide bonds. The Bertz CT molecular complexity index is 264. The summed E-state index contributed by atoms with van der Waals surface area (Å²) in [7, 11) is 0. The number of thiocarbonyl (C=S) groups is 1. The van der Waals surface area contributed by atoms with Crippen LogP contribution in [0.4, 0.5) is 0 Å². The summed E-state index contributed by atoms with van der Waals surface area (Å²) < 4.78 is 1.55. The van der Waals surface area contributed by atoms with E-state index in [2.05, 4.69) is 11.7 Å². The highest BCUT2D eigenvalue weighted by atomic mass is 32.1. The fourth-order valence-corrected chi connectivity index (χ4v) is 0.671. The molecule has 0 saturated heterocycles. The number of hydrogen-bond donors (Lipinski definition) is 1. The third-order valence-corrected chi connectivity index (χ3v) is 1.31. The molecule has 10 heavy (non-hydrogen) atoms. The molecule has 0 aliphatic carbocycles. The summed E-state index contributed by atoms with van der Waals surface area (Å²) in [4.78, 5) is 0.355. The molecule has 1 aromatic rings. The number of nitrogens with two attached hydrogens (primary N) is 1. The molecule has 0 fully saturated rings. The first-order valence-corrected chi connectivity index (χ1v) is 3.11. The van der Waals surface area contributed by atoms with Crippen LogP contribution in [0.15, 0.2) is 19.0 Å². The van der Waals surface area contributed by atoms with Gasteiger partial charge in [0.2, 0.25) is 0 Å². The Morgan fingerprint density at radius 1 is 1.90 bits per heavy atom. The minimum absolute atomic E-state index is 0.355. The minimum atomic E-state index is 0.355. The van der Waals surface area contributed by atoms with E-state index in [1.54, 1.807) is 23.3 Å². The molecule has 0 radical (unpaired) electrons. The van der Waals surface area contributed by atoms with E-state index in [4.69, 9.17) is 18.0 Å². The molecule has 0 aliphatic rings. The molecule has 0 spiro atoms. The maximum absolute atomic E-state index is 5.33. The Kier molecular flexibility index (Phi) is 1.82. The van der Waals surface area contributed by atoms with Crippen molar-refractivity contribution < 1.29 is 0 Å². The normalized spacial score (nSPS) is 9.20. The van der Waals surface area contributed by atoms with E-state index in [0.29, 0.717) is 4.99 Å². The molecule has 1 aromatic heterocycles. The monoisotopic (exact) mass is 153 g/mol. The molecule has 0 aliphatic heterocycles. The summed E-state index contributed by atoms with van der Waals surface area (Å²) in [5.74, 6) is 0. The topological polar surface area (TPSA) is 43.8 Å². The highest BCUT2D eigenvalue weighted by Gasteiger charge is 1.96. The fraction of sp³-hybridized carbons (Fsp3) is 0. The SMILES string of the molecule is C=Cn1cc(C(N)=S)cn1. The second-order valence-corrected chi connectivity index (χ2v) is 2.20. The van der Waals surface area contributed by atoms with Crippen molar-refractivity contribution in [2.24, 2.45) is 5.73 Å². The lowest BCUT2D eigenvalue weighted by molar-refractivity contribution is 0.937. The van der Waals surface area contributed by atoms with Crippen LogP contribution in [-0.2, 0) is 0 Å². The molecule has 52 valence electrons. The predicted molar refractivity (Wildman–Crippen MR) is 44.5 cm³/mol. The molecular weight excluding hydrogens is 146 g/mol. The van der Waals surface area contributed by atoms with Crippen molar-refractivity contribution in [3.8, 4) is 0 Å². The predicted octanol–water partition coefficient (Wildman–Crippen LogP) is 0.618. The largest absolute Gasteiger partial charge is 0.389 e. The average Bonchev–Trinajstić information content (AvgIpc) is 2.34. The lowest BCUT2D eigenvalue weighted by atomic mass is 10.4.